The molecule has 0 aliphatic rings. The van der Waals surface area contributed by atoms with Crippen LogP contribution in [0.4, 0.5) is 0 Å². The van der Waals surface area contributed by atoms with Crippen LogP contribution in [-0.4, -0.2) is 33.8 Å². The second kappa shape index (κ2) is 7.02. The summed E-state index contributed by atoms with van der Waals surface area (Å²) >= 11 is 0. The van der Waals surface area contributed by atoms with E-state index in [0.717, 1.165) is 22.1 Å². The van der Waals surface area contributed by atoms with Crippen LogP contribution in [0.3, 0.4) is 0 Å². The van der Waals surface area contributed by atoms with Crippen molar-refractivity contribution in [2.75, 3.05) is 27.9 Å². The molecular formula is C17H21NO4. The number of amides is 1. The zero-order valence-corrected chi connectivity index (χ0v) is 13.4. The highest BCUT2D eigenvalue weighted by Crippen LogP contribution is 2.39. The number of methoxy groups -OCH3 is 3. The van der Waals surface area contributed by atoms with Crippen molar-refractivity contribution in [1.82, 2.24) is 5.32 Å². The van der Waals surface area contributed by atoms with Crippen LogP contribution in [-0.2, 0) is 11.2 Å². The predicted molar refractivity (Wildman–Crippen MR) is 86.0 cm³/mol. The first-order chi connectivity index (χ1) is 10.6. The molecular weight excluding hydrogens is 282 g/mol. The monoisotopic (exact) mass is 303 g/mol. The van der Waals surface area contributed by atoms with Crippen LogP contribution >= 0.6 is 0 Å². The summed E-state index contributed by atoms with van der Waals surface area (Å²) in [4.78, 5) is 11.1. The molecule has 0 aromatic heterocycles. The van der Waals surface area contributed by atoms with Crippen molar-refractivity contribution in [3.05, 3.63) is 29.8 Å². The Hall–Kier alpha value is -2.43. The van der Waals surface area contributed by atoms with Crippen molar-refractivity contribution in [3.63, 3.8) is 0 Å². The lowest BCUT2D eigenvalue weighted by Gasteiger charge is -2.16. The number of rotatable bonds is 6. The van der Waals surface area contributed by atoms with E-state index in [2.05, 4.69) is 5.32 Å². The minimum absolute atomic E-state index is 0.0431. The molecule has 0 bridgehead atoms. The maximum Gasteiger partial charge on any atom is 0.216 e. The van der Waals surface area contributed by atoms with Crippen molar-refractivity contribution < 1.29 is 19.0 Å². The van der Waals surface area contributed by atoms with Gasteiger partial charge in [-0.1, -0.05) is 6.07 Å². The number of carbonyl (C=O) groups is 1. The minimum atomic E-state index is -0.0431. The van der Waals surface area contributed by atoms with E-state index in [1.807, 2.05) is 24.3 Å². The van der Waals surface area contributed by atoms with Crippen LogP contribution in [0.2, 0.25) is 0 Å². The van der Waals surface area contributed by atoms with Crippen molar-refractivity contribution in [2.24, 2.45) is 0 Å². The molecule has 0 aliphatic heterocycles. The van der Waals surface area contributed by atoms with Crippen LogP contribution < -0.4 is 19.5 Å². The van der Waals surface area contributed by atoms with E-state index in [1.54, 1.807) is 21.3 Å². The second-order valence-corrected chi connectivity index (χ2v) is 4.88. The summed E-state index contributed by atoms with van der Waals surface area (Å²) in [5.41, 5.74) is 1.04. The van der Waals surface area contributed by atoms with Gasteiger partial charge < -0.3 is 19.5 Å². The van der Waals surface area contributed by atoms with Crippen LogP contribution in [0.5, 0.6) is 17.2 Å². The first-order valence-corrected chi connectivity index (χ1v) is 7.07. The van der Waals surface area contributed by atoms with E-state index in [9.17, 15) is 4.79 Å². The summed E-state index contributed by atoms with van der Waals surface area (Å²) < 4.78 is 16.3. The Morgan fingerprint density at radius 3 is 2.18 bits per heavy atom. The Bertz CT molecular complexity index is 682. The molecule has 0 saturated carbocycles. The van der Waals surface area contributed by atoms with Gasteiger partial charge in [-0.15, -0.1) is 0 Å². The first-order valence-electron chi connectivity index (χ1n) is 7.07. The molecule has 5 nitrogen and oxygen atoms in total. The standard InChI is InChI=1S/C17H21NO4/c1-11(19)18-10-9-13-12-5-8-16(21-3)17(22-4)14(12)6-7-15(13)20-2/h5-8H,9-10H2,1-4H3,(H,18,19). The van der Waals surface area contributed by atoms with E-state index in [1.165, 1.54) is 6.92 Å². The Balaban J connectivity index is 2.53. The molecule has 2 aromatic carbocycles. The SMILES string of the molecule is COc1ccc2c(OC)c(OC)ccc2c1CCNC(C)=O. The zero-order chi connectivity index (χ0) is 16.1. The lowest BCUT2D eigenvalue weighted by atomic mass is 9.99. The summed E-state index contributed by atoms with van der Waals surface area (Å²) in [6, 6.07) is 7.73. The molecule has 2 aromatic rings. The maximum absolute atomic E-state index is 11.1. The van der Waals surface area contributed by atoms with Gasteiger partial charge in [0.05, 0.1) is 21.3 Å². The Labute approximate surface area is 130 Å². The van der Waals surface area contributed by atoms with Crippen LogP contribution in [0.25, 0.3) is 10.8 Å². The highest BCUT2D eigenvalue weighted by Gasteiger charge is 2.14. The van der Waals surface area contributed by atoms with Crippen molar-refractivity contribution in [1.29, 1.82) is 0 Å². The summed E-state index contributed by atoms with van der Waals surface area (Å²) in [5.74, 6) is 2.14. The zero-order valence-electron chi connectivity index (χ0n) is 13.4. The van der Waals surface area contributed by atoms with Gasteiger partial charge >= 0.3 is 0 Å². The van der Waals surface area contributed by atoms with E-state index in [4.69, 9.17) is 14.2 Å². The molecule has 1 amide bonds. The molecule has 0 spiro atoms. The molecule has 0 aliphatic carbocycles. The summed E-state index contributed by atoms with van der Waals surface area (Å²) in [6.07, 6.45) is 0.676. The van der Waals surface area contributed by atoms with Crippen molar-refractivity contribution in [3.8, 4) is 17.2 Å². The third-order valence-electron chi connectivity index (χ3n) is 3.58. The maximum atomic E-state index is 11.1. The summed E-state index contributed by atoms with van der Waals surface area (Å²) in [6.45, 7) is 2.06. The lowest BCUT2D eigenvalue weighted by molar-refractivity contribution is -0.118. The third kappa shape index (κ3) is 3.08. The average molecular weight is 303 g/mol. The number of ether oxygens (including phenoxy) is 3. The van der Waals surface area contributed by atoms with Gasteiger partial charge in [0.25, 0.3) is 0 Å². The first kappa shape index (κ1) is 15.9. The normalized spacial score (nSPS) is 10.4. The van der Waals surface area contributed by atoms with Gasteiger partial charge in [-0.25, -0.2) is 0 Å². The molecule has 1 N–H and O–H groups in total. The highest BCUT2D eigenvalue weighted by molar-refractivity contribution is 5.94. The molecule has 0 atom stereocenters. The van der Waals surface area contributed by atoms with Crippen molar-refractivity contribution in [2.45, 2.75) is 13.3 Å². The largest absolute Gasteiger partial charge is 0.496 e. The predicted octanol–water partition coefficient (Wildman–Crippen LogP) is 2.54. The molecule has 0 unspecified atom stereocenters. The number of carbonyl (C=O) groups excluding carboxylic acids is 1. The third-order valence-corrected chi connectivity index (χ3v) is 3.58. The lowest BCUT2D eigenvalue weighted by Crippen LogP contribution is -2.22. The number of hydrogen-bond donors (Lipinski definition) is 1. The molecule has 22 heavy (non-hydrogen) atoms. The van der Waals surface area contributed by atoms with Gasteiger partial charge in [-0.3, -0.25) is 4.79 Å². The summed E-state index contributed by atoms with van der Waals surface area (Å²) in [5, 5.41) is 4.80. The minimum Gasteiger partial charge on any atom is -0.496 e. The topological polar surface area (TPSA) is 56.8 Å². The second-order valence-electron chi connectivity index (χ2n) is 4.88. The van der Waals surface area contributed by atoms with Crippen LogP contribution in [0.15, 0.2) is 24.3 Å². The van der Waals surface area contributed by atoms with Gasteiger partial charge in [-0.05, 0) is 30.0 Å². The fourth-order valence-corrected chi connectivity index (χ4v) is 2.58. The highest BCUT2D eigenvalue weighted by atomic mass is 16.5. The number of fused-ring (bicyclic) bond motifs is 1. The van der Waals surface area contributed by atoms with E-state index in [-0.39, 0.29) is 5.91 Å². The molecule has 5 heteroatoms. The van der Waals surface area contributed by atoms with Crippen LogP contribution in [0, 0.1) is 0 Å². The van der Waals surface area contributed by atoms with Gasteiger partial charge in [-0.2, -0.15) is 0 Å². The number of benzene rings is 2. The van der Waals surface area contributed by atoms with E-state index in [0.29, 0.717) is 24.5 Å². The fraction of sp³-hybridized carbons (Fsp3) is 0.353. The molecule has 0 radical (unpaired) electrons. The molecule has 0 heterocycles. The smallest absolute Gasteiger partial charge is 0.216 e. The molecule has 118 valence electrons. The Morgan fingerprint density at radius 1 is 0.955 bits per heavy atom. The van der Waals surface area contributed by atoms with E-state index >= 15 is 0 Å². The van der Waals surface area contributed by atoms with Gasteiger partial charge in [0.1, 0.15) is 5.75 Å². The van der Waals surface area contributed by atoms with Gasteiger partial charge in [0, 0.05) is 24.4 Å². The molecule has 0 saturated heterocycles. The fourth-order valence-electron chi connectivity index (χ4n) is 2.58. The summed E-state index contributed by atoms with van der Waals surface area (Å²) in [7, 11) is 4.88. The van der Waals surface area contributed by atoms with Crippen LogP contribution in [0.1, 0.15) is 12.5 Å². The molecule has 2 rings (SSSR count). The number of nitrogens with one attached hydrogen (secondary N) is 1. The van der Waals surface area contributed by atoms with Gasteiger partial charge in [0.2, 0.25) is 5.91 Å². The Kier molecular flexibility index (Phi) is 5.09. The Morgan fingerprint density at radius 2 is 1.59 bits per heavy atom. The molecule has 0 fully saturated rings. The number of hydrogen-bond acceptors (Lipinski definition) is 4. The average Bonchev–Trinajstić information content (AvgIpc) is 2.53. The van der Waals surface area contributed by atoms with E-state index < -0.39 is 0 Å². The van der Waals surface area contributed by atoms with Crippen molar-refractivity contribution >= 4 is 16.7 Å². The van der Waals surface area contributed by atoms with Gasteiger partial charge in [0.15, 0.2) is 11.5 Å². The quantitative estimate of drug-likeness (QED) is 0.891.